The van der Waals surface area contributed by atoms with Crippen molar-refractivity contribution in [2.75, 3.05) is 18.5 Å². The topological polar surface area (TPSA) is 47.1 Å². The summed E-state index contributed by atoms with van der Waals surface area (Å²) in [6, 6.07) is 6.52. The Balaban J connectivity index is 2.22. The van der Waals surface area contributed by atoms with Crippen LogP contribution in [0.5, 0.6) is 0 Å². The molecular weight excluding hydrogens is 255 g/mol. The molecule has 0 spiro atoms. The largest absolute Gasteiger partial charge is 0.366 e. The highest BCUT2D eigenvalue weighted by molar-refractivity contribution is 5.48. The molecule has 1 heterocycles. The van der Waals surface area contributed by atoms with Crippen molar-refractivity contribution in [3.8, 4) is 0 Å². The molecule has 0 fully saturated rings. The Morgan fingerprint density at radius 1 is 1.45 bits per heavy atom. The minimum absolute atomic E-state index is 0.0117. The zero-order valence-corrected chi connectivity index (χ0v) is 12.0. The molecule has 20 heavy (non-hydrogen) atoms. The maximum atomic E-state index is 13.3. The van der Waals surface area contributed by atoms with E-state index in [1.54, 1.807) is 6.07 Å². The number of hydrogen-bond donors (Lipinski definition) is 1. The smallest absolute Gasteiger partial charge is 0.125 e. The van der Waals surface area contributed by atoms with Crippen LogP contribution in [0.1, 0.15) is 24.9 Å². The van der Waals surface area contributed by atoms with E-state index >= 15 is 0 Å². The van der Waals surface area contributed by atoms with Crippen LogP contribution in [-0.2, 0) is 6.54 Å². The van der Waals surface area contributed by atoms with Crippen molar-refractivity contribution in [1.29, 1.82) is 0 Å². The van der Waals surface area contributed by atoms with Gasteiger partial charge in [-0.25, -0.2) is 4.39 Å². The van der Waals surface area contributed by atoms with Crippen LogP contribution in [0.4, 0.5) is 10.1 Å². The summed E-state index contributed by atoms with van der Waals surface area (Å²) in [6.45, 7) is 3.45. The Bertz CT molecular complexity index is 552. The standard InChI is InChI=1S/C15H21FN4/c1-3-7-20-11-12(10-18-20)15(9-17)19(2)14-6-4-5-13(16)8-14/h4-6,8,10-11,15H,3,7,9,17H2,1-2H3. The van der Waals surface area contributed by atoms with Crippen LogP contribution in [0.15, 0.2) is 36.7 Å². The van der Waals surface area contributed by atoms with Crippen molar-refractivity contribution < 1.29 is 4.39 Å². The predicted octanol–water partition coefficient (Wildman–Crippen LogP) is 2.57. The van der Waals surface area contributed by atoms with Gasteiger partial charge in [0.15, 0.2) is 0 Å². The molecule has 0 bridgehead atoms. The second-order valence-corrected chi connectivity index (χ2v) is 4.88. The van der Waals surface area contributed by atoms with E-state index in [0.717, 1.165) is 24.2 Å². The molecule has 1 atom stereocenters. The Labute approximate surface area is 119 Å². The summed E-state index contributed by atoms with van der Waals surface area (Å²) in [5, 5.41) is 4.33. The van der Waals surface area contributed by atoms with E-state index in [1.165, 1.54) is 12.1 Å². The van der Waals surface area contributed by atoms with Gasteiger partial charge in [-0.1, -0.05) is 13.0 Å². The molecule has 2 N–H and O–H groups in total. The summed E-state index contributed by atoms with van der Waals surface area (Å²) < 4.78 is 15.2. The van der Waals surface area contributed by atoms with Crippen molar-refractivity contribution in [3.05, 3.63) is 48.0 Å². The monoisotopic (exact) mass is 276 g/mol. The number of aromatic nitrogens is 2. The van der Waals surface area contributed by atoms with Gasteiger partial charge in [0.05, 0.1) is 12.2 Å². The average Bonchev–Trinajstić information content (AvgIpc) is 2.88. The minimum Gasteiger partial charge on any atom is -0.366 e. The zero-order valence-electron chi connectivity index (χ0n) is 12.0. The third kappa shape index (κ3) is 3.17. The number of likely N-dealkylation sites (N-methyl/N-ethyl adjacent to an activating group) is 1. The molecule has 1 aromatic heterocycles. The number of benzene rings is 1. The van der Waals surface area contributed by atoms with E-state index in [-0.39, 0.29) is 11.9 Å². The van der Waals surface area contributed by atoms with E-state index in [9.17, 15) is 4.39 Å². The molecule has 1 aromatic carbocycles. The maximum absolute atomic E-state index is 13.3. The first kappa shape index (κ1) is 14.5. The van der Waals surface area contributed by atoms with E-state index in [4.69, 9.17) is 5.73 Å². The highest BCUT2D eigenvalue weighted by Gasteiger charge is 2.18. The first-order valence-electron chi connectivity index (χ1n) is 6.86. The van der Waals surface area contributed by atoms with Crippen LogP contribution in [0.25, 0.3) is 0 Å². The SMILES string of the molecule is CCCn1cc(C(CN)N(C)c2cccc(F)c2)cn1. The number of aryl methyl sites for hydroxylation is 1. The fourth-order valence-corrected chi connectivity index (χ4v) is 2.30. The van der Waals surface area contributed by atoms with E-state index in [2.05, 4.69) is 12.0 Å². The Morgan fingerprint density at radius 3 is 2.90 bits per heavy atom. The molecule has 1 unspecified atom stereocenters. The highest BCUT2D eigenvalue weighted by atomic mass is 19.1. The van der Waals surface area contributed by atoms with Gasteiger partial charge in [0.25, 0.3) is 0 Å². The van der Waals surface area contributed by atoms with Crippen LogP contribution in [0.3, 0.4) is 0 Å². The number of nitrogens with two attached hydrogens (primary N) is 1. The lowest BCUT2D eigenvalue weighted by molar-refractivity contribution is 0.599. The molecule has 2 aromatic rings. The van der Waals surface area contributed by atoms with Crippen LogP contribution in [0, 0.1) is 5.82 Å². The molecule has 0 amide bonds. The average molecular weight is 276 g/mol. The predicted molar refractivity (Wildman–Crippen MR) is 79.1 cm³/mol. The Morgan fingerprint density at radius 2 is 2.25 bits per heavy atom. The van der Waals surface area contributed by atoms with Crippen LogP contribution in [0.2, 0.25) is 0 Å². The summed E-state index contributed by atoms with van der Waals surface area (Å²) in [6.07, 6.45) is 4.88. The van der Waals surface area contributed by atoms with Gasteiger partial charge in [-0.15, -0.1) is 0 Å². The lowest BCUT2D eigenvalue weighted by Gasteiger charge is -2.28. The van der Waals surface area contributed by atoms with Gasteiger partial charge in [0.1, 0.15) is 5.82 Å². The van der Waals surface area contributed by atoms with Crippen molar-refractivity contribution in [3.63, 3.8) is 0 Å². The molecule has 0 saturated heterocycles. The summed E-state index contributed by atoms with van der Waals surface area (Å²) in [7, 11) is 1.92. The third-order valence-electron chi connectivity index (χ3n) is 3.40. The molecule has 5 heteroatoms. The summed E-state index contributed by atoms with van der Waals surface area (Å²) >= 11 is 0. The van der Waals surface area contributed by atoms with Crippen LogP contribution < -0.4 is 10.6 Å². The molecule has 0 aliphatic rings. The van der Waals surface area contributed by atoms with Crippen molar-refractivity contribution in [1.82, 2.24) is 9.78 Å². The van der Waals surface area contributed by atoms with E-state index in [1.807, 2.05) is 35.1 Å². The lowest BCUT2D eigenvalue weighted by atomic mass is 10.1. The molecule has 0 radical (unpaired) electrons. The minimum atomic E-state index is -0.244. The van der Waals surface area contributed by atoms with Gasteiger partial charge >= 0.3 is 0 Å². The van der Waals surface area contributed by atoms with Gasteiger partial charge in [0.2, 0.25) is 0 Å². The first-order valence-corrected chi connectivity index (χ1v) is 6.86. The highest BCUT2D eigenvalue weighted by Crippen LogP contribution is 2.25. The molecule has 4 nitrogen and oxygen atoms in total. The third-order valence-corrected chi connectivity index (χ3v) is 3.40. The van der Waals surface area contributed by atoms with Gasteiger partial charge in [-0.05, 0) is 24.6 Å². The second kappa shape index (κ2) is 6.52. The Kier molecular flexibility index (Phi) is 4.74. The quantitative estimate of drug-likeness (QED) is 0.882. The number of hydrogen-bond acceptors (Lipinski definition) is 3. The van der Waals surface area contributed by atoms with E-state index in [0.29, 0.717) is 6.54 Å². The van der Waals surface area contributed by atoms with Crippen molar-refractivity contribution in [2.45, 2.75) is 25.9 Å². The second-order valence-electron chi connectivity index (χ2n) is 4.88. The molecule has 0 aliphatic heterocycles. The number of rotatable bonds is 6. The van der Waals surface area contributed by atoms with Crippen molar-refractivity contribution in [2.24, 2.45) is 5.73 Å². The number of nitrogens with zero attached hydrogens (tertiary/aromatic N) is 3. The molecule has 0 saturated carbocycles. The number of anilines is 1. The summed E-state index contributed by atoms with van der Waals surface area (Å²) in [5.41, 5.74) is 7.75. The number of halogens is 1. The van der Waals surface area contributed by atoms with E-state index < -0.39 is 0 Å². The van der Waals surface area contributed by atoms with Crippen LogP contribution in [-0.4, -0.2) is 23.4 Å². The molecule has 108 valence electrons. The fraction of sp³-hybridized carbons (Fsp3) is 0.400. The molecular formula is C15H21FN4. The van der Waals surface area contributed by atoms with Gasteiger partial charge in [-0.3, -0.25) is 4.68 Å². The van der Waals surface area contributed by atoms with Gasteiger partial charge in [0, 0.05) is 37.6 Å². The Hall–Kier alpha value is -1.88. The van der Waals surface area contributed by atoms with Gasteiger partial charge < -0.3 is 10.6 Å². The maximum Gasteiger partial charge on any atom is 0.125 e. The summed E-state index contributed by atoms with van der Waals surface area (Å²) in [4.78, 5) is 1.98. The fourth-order valence-electron chi connectivity index (χ4n) is 2.30. The summed E-state index contributed by atoms with van der Waals surface area (Å²) in [5.74, 6) is -0.244. The van der Waals surface area contributed by atoms with Gasteiger partial charge in [-0.2, -0.15) is 5.10 Å². The molecule has 2 rings (SSSR count). The zero-order chi connectivity index (χ0) is 14.5. The normalized spacial score (nSPS) is 12.4. The van der Waals surface area contributed by atoms with Crippen LogP contribution >= 0.6 is 0 Å². The van der Waals surface area contributed by atoms with Crippen molar-refractivity contribution >= 4 is 5.69 Å². The molecule has 0 aliphatic carbocycles. The first-order chi connectivity index (χ1) is 9.65. The lowest BCUT2D eigenvalue weighted by Crippen LogP contribution is -2.30.